The number of pyridine rings is 1. The van der Waals surface area contributed by atoms with Crippen LogP contribution in [0.2, 0.25) is 10.3 Å². The summed E-state index contributed by atoms with van der Waals surface area (Å²) in [6, 6.07) is 4.30. The predicted molar refractivity (Wildman–Crippen MR) is 143 cm³/mol. The number of piperidine rings is 1. The van der Waals surface area contributed by atoms with Crippen molar-refractivity contribution in [3.05, 3.63) is 49.9 Å². The van der Waals surface area contributed by atoms with Crippen molar-refractivity contribution in [2.45, 2.75) is 51.7 Å². The number of nitrogens with one attached hydrogen (secondary N) is 1. The van der Waals surface area contributed by atoms with E-state index in [0.29, 0.717) is 36.8 Å². The Labute approximate surface area is 222 Å². The third-order valence-electron chi connectivity index (χ3n) is 6.48. The molecule has 0 spiro atoms. The molecule has 1 aliphatic rings. The molecule has 192 valence electrons. The lowest BCUT2D eigenvalue weighted by atomic mass is 10.00. The zero-order valence-electron chi connectivity index (χ0n) is 20.9. The maximum atomic E-state index is 13.0. The van der Waals surface area contributed by atoms with Crippen LogP contribution in [0.5, 0.6) is 0 Å². The van der Waals surface area contributed by atoms with E-state index in [9.17, 15) is 9.59 Å². The van der Waals surface area contributed by atoms with Crippen LogP contribution in [0, 0.1) is 6.92 Å². The second-order valence-electron chi connectivity index (χ2n) is 9.48. The molecule has 1 N–H and O–H groups in total. The standard InChI is InChI=1S/C25H35Cl2N5O2S/c1-17-13-21(26)29-24(27)23(17)25(34)28-9-5-18(2)31-10-6-20(7-11-31)32(22(33)15-30(3)4)14-19-8-12-35-16-19/h8,12-13,16,18,20H,5-7,9-11,14-15H2,1-4H3,(H,28,34)/t18-/m1/s1. The molecule has 0 saturated carbocycles. The van der Waals surface area contributed by atoms with E-state index in [1.54, 1.807) is 24.3 Å². The molecule has 3 heterocycles. The highest BCUT2D eigenvalue weighted by Gasteiger charge is 2.30. The van der Waals surface area contributed by atoms with E-state index in [2.05, 4.69) is 43.9 Å². The number of rotatable bonds is 10. The summed E-state index contributed by atoms with van der Waals surface area (Å²) in [5.74, 6) is -0.0490. The van der Waals surface area contributed by atoms with E-state index >= 15 is 0 Å². The van der Waals surface area contributed by atoms with Gasteiger partial charge in [0.25, 0.3) is 5.91 Å². The summed E-state index contributed by atoms with van der Waals surface area (Å²) in [7, 11) is 3.87. The van der Waals surface area contributed by atoms with Crippen molar-refractivity contribution in [1.82, 2.24) is 25.0 Å². The average molecular weight is 541 g/mol. The van der Waals surface area contributed by atoms with E-state index in [0.717, 1.165) is 32.4 Å². The molecule has 0 bridgehead atoms. The normalized spacial score (nSPS) is 15.9. The van der Waals surface area contributed by atoms with Crippen LogP contribution in [0.15, 0.2) is 22.9 Å². The summed E-state index contributed by atoms with van der Waals surface area (Å²) >= 11 is 13.7. The molecule has 10 heteroatoms. The molecule has 2 aromatic rings. The van der Waals surface area contributed by atoms with Crippen molar-refractivity contribution < 1.29 is 9.59 Å². The molecule has 1 saturated heterocycles. The summed E-state index contributed by atoms with van der Waals surface area (Å²) in [5, 5.41) is 7.55. The first kappa shape index (κ1) is 27.9. The Bertz CT molecular complexity index is 971. The number of carbonyl (C=O) groups excluding carboxylic acids is 2. The number of likely N-dealkylation sites (N-methyl/N-ethyl adjacent to an activating group) is 1. The number of nitrogens with zero attached hydrogens (tertiary/aromatic N) is 4. The highest BCUT2D eigenvalue weighted by Crippen LogP contribution is 2.23. The highest BCUT2D eigenvalue weighted by atomic mass is 35.5. The van der Waals surface area contributed by atoms with Gasteiger partial charge in [-0.05, 0) is 81.2 Å². The van der Waals surface area contributed by atoms with Crippen LogP contribution in [-0.2, 0) is 11.3 Å². The van der Waals surface area contributed by atoms with Gasteiger partial charge in [0.2, 0.25) is 5.91 Å². The molecule has 0 radical (unpaired) electrons. The number of hydrogen-bond donors (Lipinski definition) is 1. The third kappa shape index (κ3) is 7.89. The maximum absolute atomic E-state index is 13.0. The van der Waals surface area contributed by atoms with Crippen molar-refractivity contribution in [2.75, 3.05) is 40.3 Å². The van der Waals surface area contributed by atoms with Crippen LogP contribution in [0.3, 0.4) is 0 Å². The highest BCUT2D eigenvalue weighted by molar-refractivity contribution is 7.07. The molecular weight excluding hydrogens is 505 g/mol. The molecule has 0 aliphatic carbocycles. The van der Waals surface area contributed by atoms with Crippen LogP contribution in [0.1, 0.15) is 47.7 Å². The Morgan fingerprint density at radius 2 is 2.00 bits per heavy atom. The van der Waals surface area contributed by atoms with Crippen LogP contribution in [-0.4, -0.2) is 83.9 Å². The Balaban J connectivity index is 1.49. The summed E-state index contributed by atoms with van der Waals surface area (Å²) < 4.78 is 0. The second kappa shape index (κ2) is 13.0. The van der Waals surface area contributed by atoms with E-state index in [4.69, 9.17) is 23.2 Å². The molecule has 0 unspecified atom stereocenters. The van der Waals surface area contributed by atoms with Gasteiger partial charge in [-0.25, -0.2) is 4.98 Å². The predicted octanol–water partition coefficient (Wildman–Crippen LogP) is 4.32. The summed E-state index contributed by atoms with van der Waals surface area (Å²) in [5.41, 5.74) is 2.27. The van der Waals surface area contributed by atoms with Crippen molar-refractivity contribution in [3.63, 3.8) is 0 Å². The Hall–Kier alpha value is -1.71. The van der Waals surface area contributed by atoms with Gasteiger partial charge in [0, 0.05) is 38.3 Å². The fraction of sp³-hybridized carbons (Fsp3) is 0.560. The van der Waals surface area contributed by atoms with Gasteiger partial charge in [-0.3, -0.25) is 9.59 Å². The number of likely N-dealkylation sites (tertiary alicyclic amines) is 1. The summed E-state index contributed by atoms with van der Waals surface area (Å²) in [6.45, 7) is 7.49. The molecule has 1 aliphatic heterocycles. The van der Waals surface area contributed by atoms with E-state index in [1.807, 2.05) is 19.0 Å². The molecule has 0 aromatic carbocycles. The van der Waals surface area contributed by atoms with Gasteiger partial charge < -0.3 is 20.0 Å². The van der Waals surface area contributed by atoms with Gasteiger partial charge in [0.1, 0.15) is 10.3 Å². The van der Waals surface area contributed by atoms with Crippen molar-refractivity contribution in [2.24, 2.45) is 0 Å². The number of amides is 2. The lowest BCUT2D eigenvalue weighted by molar-refractivity contribution is -0.136. The minimum Gasteiger partial charge on any atom is -0.352 e. The van der Waals surface area contributed by atoms with E-state index in [1.165, 1.54) is 5.56 Å². The smallest absolute Gasteiger partial charge is 0.254 e. The molecule has 1 fully saturated rings. The van der Waals surface area contributed by atoms with Crippen LogP contribution >= 0.6 is 34.5 Å². The van der Waals surface area contributed by atoms with Gasteiger partial charge in [-0.15, -0.1) is 0 Å². The Kier molecular flexibility index (Phi) is 10.4. The summed E-state index contributed by atoms with van der Waals surface area (Å²) in [6.07, 6.45) is 2.72. The van der Waals surface area contributed by atoms with Gasteiger partial charge in [0.15, 0.2) is 0 Å². The number of aromatic nitrogens is 1. The minimum absolute atomic E-state index is 0.124. The van der Waals surface area contributed by atoms with E-state index in [-0.39, 0.29) is 28.2 Å². The first-order valence-electron chi connectivity index (χ1n) is 12.0. The third-order valence-corrected chi connectivity index (χ3v) is 7.68. The monoisotopic (exact) mass is 539 g/mol. The van der Waals surface area contributed by atoms with Gasteiger partial charge >= 0.3 is 0 Å². The zero-order chi connectivity index (χ0) is 25.5. The fourth-order valence-corrected chi connectivity index (χ4v) is 5.81. The quantitative estimate of drug-likeness (QED) is 0.455. The molecule has 7 nitrogen and oxygen atoms in total. The first-order valence-corrected chi connectivity index (χ1v) is 13.7. The molecule has 1 atom stereocenters. The van der Waals surface area contributed by atoms with E-state index < -0.39 is 0 Å². The fourth-order valence-electron chi connectivity index (χ4n) is 4.53. The second-order valence-corrected chi connectivity index (χ2v) is 11.0. The minimum atomic E-state index is -0.231. The molecular formula is C25H35Cl2N5O2S. The first-order chi connectivity index (χ1) is 16.7. The van der Waals surface area contributed by atoms with Crippen LogP contribution < -0.4 is 5.32 Å². The molecule has 2 amide bonds. The maximum Gasteiger partial charge on any atom is 0.254 e. The number of carbonyl (C=O) groups is 2. The average Bonchev–Trinajstić information content (AvgIpc) is 3.29. The molecule has 3 rings (SSSR count). The van der Waals surface area contributed by atoms with Crippen molar-refractivity contribution >= 4 is 46.4 Å². The Morgan fingerprint density at radius 1 is 1.29 bits per heavy atom. The van der Waals surface area contributed by atoms with Crippen molar-refractivity contribution in [1.29, 1.82) is 0 Å². The van der Waals surface area contributed by atoms with Crippen molar-refractivity contribution in [3.8, 4) is 0 Å². The SMILES string of the molecule is Cc1cc(Cl)nc(Cl)c1C(=O)NCC[C@@H](C)N1CCC(N(Cc2ccsc2)C(=O)CN(C)C)CC1. The summed E-state index contributed by atoms with van der Waals surface area (Å²) in [4.78, 5) is 36.0. The molecule has 35 heavy (non-hydrogen) atoms. The zero-order valence-corrected chi connectivity index (χ0v) is 23.2. The van der Waals surface area contributed by atoms with Gasteiger partial charge in [-0.1, -0.05) is 23.2 Å². The number of thiophene rings is 1. The number of halogens is 2. The molecule has 2 aromatic heterocycles. The lowest BCUT2D eigenvalue weighted by Gasteiger charge is -2.41. The van der Waals surface area contributed by atoms with Gasteiger partial charge in [-0.2, -0.15) is 11.3 Å². The van der Waals surface area contributed by atoms with Crippen LogP contribution in [0.25, 0.3) is 0 Å². The lowest BCUT2D eigenvalue weighted by Crippen LogP contribution is -2.51. The number of hydrogen-bond acceptors (Lipinski definition) is 6. The van der Waals surface area contributed by atoms with Crippen LogP contribution in [0.4, 0.5) is 0 Å². The number of aryl methyl sites for hydroxylation is 1. The largest absolute Gasteiger partial charge is 0.352 e. The topological polar surface area (TPSA) is 68.8 Å². The Morgan fingerprint density at radius 3 is 2.60 bits per heavy atom. The van der Waals surface area contributed by atoms with Gasteiger partial charge in [0.05, 0.1) is 12.1 Å².